The molecule has 0 bridgehead atoms. The van der Waals surface area contributed by atoms with E-state index in [9.17, 15) is 21.6 Å². The van der Waals surface area contributed by atoms with E-state index >= 15 is 0 Å². The van der Waals surface area contributed by atoms with Crippen LogP contribution in [-0.4, -0.2) is 36.0 Å². The highest BCUT2D eigenvalue weighted by molar-refractivity contribution is 7.98. The highest BCUT2D eigenvalue weighted by Crippen LogP contribution is 2.31. The van der Waals surface area contributed by atoms with Gasteiger partial charge in [-0.05, 0) is 35.9 Å². The number of halogens is 3. The summed E-state index contributed by atoms with van der Waals surface area (Å²) in [6, 6.07) is 11.1. The summed E-state index contributed by atoms with van der Waals surface area (Å²) in [4.78, 5) is 0.130. The minimum atomic E-state index is -4.37. The second kappa shape index (κ2) is 9.41. The maximum Gasteiger partial charge on any atom is 0.416 e. The zero-order chi connectivity index (χ0) is 22.6. The minimum absolute atomic E-state index is 0.130. The molecule has 166 valence electrons. The van der Waals surface area contributed by atoms with E-state index in [1.54, 1.807) is 26.0 Å². The van der Waals surface area contributed by atoms with Gasteiger partial charge >= 0.3 is 6.18 Å². The number of nitrogens with zero attached hydrogens (tertiary/aromatic N) is 3. The maximum absolute atomic E-state index is 12.7. The quantitative estimate of drug-likeness (QED) is 0.427. The Labute approximate surface area is 182 Å². The van der Waals surface area contributed by atoms with Gasteiger partial charge in [0.15, 0.2) is 0 Å². The Hall–Kier alpha value is -2.37. The number of alkyl halides is 3. The summed E-state index contributed by atoms with van der Waals surface area (Å²) in [7, 11) is -3.63. The fraction of sp³-hybridized carbons (Fsp3) is 0.300. The van der Waals surface area contributed by atoms with Gasteiger partial charge in [0.2, 0.25) is 15.9 Å². The number of sulfonamides is 1. The Morgan fingerprint density at radius 2 is 1.71 bits per heavy atom. The molecule has 0 aliphatic rings. The molecule has 3 aromatic rings. The zero-order valence-electron chi connectivity index (χ0n) is 16.8. The lowest BCUT2D eigenvalue weighted by atomic mass is 10.1. The number of thioether (sulfide) groups is 1. The van der Waals surface area contributed by atoms with Crippen LogP contribution in [0, 0.1) is 0 Å². The van der Waals surface area contributed by atoms with Crippen molar-refractivity contribution in [2.75, 3.05) is 13.1 Å². The van der Waals surface area contributed by atoms with Crippen molar-refractivity contribution in [2.24, 2.45) is 0 Å². The van der Waals surface area contributed by atoms with Crippen molar-refractivity contribution in [3.63, 3.8) is 0 Å². The molecule has 31 heavy (non-hydrogen) atoms. The predicted molar refractivity (Wildman–Crippen MR) is 111 cm³/mol. The summed E-state index contributed by atoms with van der Waals surface area (Å²) in [5.74, 6) is 0.502. The van der Waals surface area contributed by atoms with Crippen LogP contribution in [0.5, 0.6) is 0 Å². The van der Waals surface area contributed by atoms with E-state index < -0.39 is 21.8 Å². The molecule has 11 heteroatoms. The van der Waals surface area contributed by atoms with Gasteiger partial charge in [-0.2, -0.15) is 17.5 Å². The van der Waals surface area contributed by atoms with Crippen molar-refractivity contribution in [2.45, 2.75) is 35.9 Å². The summed E-state index contributed by atoms with van der Waals surface area (Å²) < 4.78 is 70.3. The number of hydrogen-bond donors (Lipinski definition) is 0. The second-order valence-corrected chi connectivity index (χ2v) is 9.34. The molecule has 1 heterocycles. The predicted octanol–water partition coefficient (Wildman–Crippen LogP) is 5.08. The largest absolute Gasteiger partial charge is 0.416 e. The van der Waals surface area contributed by atoms with E-state index in [2.05, 4.69) is 10.2 Å². The molecule has 0 atom stereocenters. The van der Waals surface area contributed by atoms with Crippen LogP contribution in [0.3, 0.4) is 0 Å². The van der Waals surface area contributed by atoms with Crippen molar-refractivity contribution in [3.8, 4) is 11.5 Å². The van der Waals surface area contributed by atoms with Gasteiger partial charge in [0.25, 0.3) is 5.22 Å². The normalized spacial score (nSPS) is 12.5. The van der Waals surface area contributed by atoms with E-state index in [4.69, 9.17) is 4.42 Å². The molecule has 6 nitrogen and oxygen atoms in total. The Bertz CT molecular complexity index is 1130. The standard InChI is InChI=1S/C20H20F3N3O3S2/c1-3-26(4-2)31(27,28)17-7-5-6-15(12-17)18-24-25-19(29-18)30-13-14-8-10-16(11-9-14)20(21,22)23/h5-12H,3-4,13H2,1-2H3. The average molecular weight is 472 g/mol. The maximum atomic E-state index is 12.7. The van der Waals surface area contributed by atoms with Crippen molar-refractivity contribution >= 4 is 21.8 Å². The summed E-state index contributed by atoms with van der Waals surface area (Å²) in [5.41, 5.74) is 0.424. The number of rotatable bonds is 8. The molecule has 1 aromatic heterocycles. The van der Waals surface area contributed by atoms with E-state index in [1.807, 2.05) is 0 Å². The lowest BCUT2D eigenvalue weighted by molar-refractivity contribution is -0.137. The molecule has 3 rings (SSSR count). The van der Waals surface area contributed by atoms with Gasteiger partial charge in [0, 0.05) is 24.4 Å². The lowest BCUT2D eigenvalue weighted by Crippen LogP contribution is -2.30. The molecular weight excluding hydrogens is 451 g/mol. The fourth-order valence-electron chi connectivity index (χ4n) is 2.82. The first-order valence-electron chi connectivity index (χ1n) is 9.38. The van der Waals surface area contributed by atoms with Gasteiger partial charge in [0.1, 0.15) is 0 Å². The molecule has 0 radical (unpaired) electrons. The van der Waals surface area contributed by atoms with Crippen molar-refractivity contribution in [1.29, 1.82) is 0 Å². The molecule has 0 unspecified atom stereocenters. The van der Waals surface area contributed by atoms with E-state index in [0.717, 1.165) is 12.1 Å². The molecule has 0 N–H and O–H groups in total. The molecule has 0 aliphatic heterocycles. The van der Waals surface area contributed by atoms with Crippen LogP contribution in [0.15, 0.2) is 63.1 Å². The third-order valence-corrected chi connectivity index (χ3v) is 7.41. The topological polar surface area (TPSA) is 76.3 Å². The molecule has 0 spiro atoms. The van der Waals surface area contributed by atoms with Gasteiger partial charge in [-0.15, -0.1) is 10.2 Å². The number of hydrogen-bond acceptors (Lipinski definition) is 6. The summed E-state index contributed by atoms with van der Waals surface area (Å²) in [6.45, 7) is 4.24. The first-order valence-corrected chi connectivity index (χ1v) is 11.8. The van der Waals surface area contributed by atoms with Crippen LogP contribution in [0.2, 0.25) is 0 Å². The molecule has 0 fully saturated rings. The zero-order valence-corrected chi connectivity index (χ0v) is 18.4. The Morgan fingerprint density at radius 3 is 2.32 bits per heavy atom. The highest BCUT2D eigenvalue weighted by Gasteiger charge is 2.30. The van der Waals surface area contributed by atoms with Crippen LogP contribution in [-0.2, 0) is 22.0 Å². The average Bonchev–Trinajstić information content (AvgIpc) is 3.22. The summed E-state index contributed by atoms with van der Waals surface area (Å²) in [6.07, 6.45) is -4.37. The van der Waals surface area contributed by atoms with E-state index in [-0.39, 0.29) is 16.0 Å². The molecular formula is C20H20F3N3O3S2. The lowest BCUT2D eigenvalue weighted by Gasteiger charge is -2.18. The summed E-state index contributed by atoms with van der Waals surface area (Å²) >= 11 is 1.18. The third kappa shape index (κ3) is 5.46. The van der Waals surface area contributed by atoms with Crippen molar-refractivity contribution in [1.82, 2.24) is 14.5 Å². The number of benzene rings is 2. The van der Waals surface area contributed by atoms with Gasteiger partial charge in [-0.1, -0.05) is 43.8 Å². The van der Waals surface area contributed by atoms with Crippen LogP contribution >= 0.6 is 11.8 Å². The molecule has 0 aliphatic carbocycles. The Balaban J connectivity index is 1.73. The van der Waals surface area contributed by atoms with Gasteiger partial charge in [0.05, 0.1) is 10.5 Å². The molecule has 0 saturated heterocycles. The van der Waals surface area contributed by atoms with Gasteiger partial charge in [-0.25, -0.2) is 8.42 Å². The fourth-order valence-corrected chi connectivity index (χ4v) is 5.05. The van der Waals surface area contributed by atoms with Crippen LogP contribution in [0.4, 0.5) is 13.2 Å². The SMILES string of the molecule is CCN(CC)S(=O)(=O)c1cccc(-c2nnc(SCc3ccc(C(F)(F)F)cc3)o2)c1. The third-order valence-electron chi connectivity index (χ3n) is 4.47. The summed E-state index contributed by atoms with van der Waals surface area (Å²) in [5, 5.41) is 8.12. The smallest absolute Gasteiger partial charge is 0.411 e. The van der Waals surface area contributed by atoms with E-state index in [1.165, 1.54) is 40.3 Å². The first kappa shape index (κ1) is 23.3. The van der Waals surface area contributed by atoms with Crippen LogP contribution < -0.4 is 0 Å². The van der Waals surface area contributed by atoms with Gasteiger partial charge < -0.3 is 4.42 Å². The monoisotopic (exact) mass is 471 g/mol. The van der Waals surface area contributed by atoms with Crippen LogP contribution in [0.25, 0.3) is 11.5 Å². The van der Waals surface area contributed by atoms with Crippen LogP contribution in [0.1, 0.15) is 25.0 Å². The van der Waals surface area contributed by atoms with Crippen molar-refractivity contribution < 1.29 is 26.0 Å². The first-order chi connectivity index (χ1) is 14.6. The number of aromatic nitrogens is 2. The van der Waals surface area contributed by atoms with Gasteiger partial charge in [-0.3, -0.25) is 0 Å². The highest BCUT2D eigenvalue weighted by atomic mass is 32.2. The molecule has 0 saturated carbocycles. The molecule has 2 aromatic carbocycles. The van der Waals surface area contributed by atoms with E-state index in [0.29, 0.717) is 30.0 Å². The Kier molecular flexibility index (Phi) is 7.07. The molecule has 0 amide bonds. The minimum Gasteiger partial charge on any atom is -0.411 e. The Morgan fingerprint density at radius 1 is 1.03 bits per heavy atom. The second-order valence-electron chi connectivity index (χ2n) is 6.47. The van der Waals surface area contributed by atoms with Crippen molar-refractivity contribution in [3.05, 3.63) is 59.7 Å².